The number of hydrogen-bond donors (Lipinski definition) is 3. The Labute approximate surface area is 166 Å². The van der Waals surface area contributed by atoms with Crippen molar-refractivity contribution >= 4 is 23.0 Å². The van der Waals surface area contributed by atoms with E-state index in [9.17, 15) is 23.3 Å². The number of hydrogen-bond acceptors (Lipinski definition) is 5. The van der Waals surface area contributed by atoms with Crippen molar-refractivity contribution in [3.05, 3.63) is 65.7 Å². The number of amides is 1. The molecule has 0 unspecified atom stereocenters. The normalized spacial score (nSPS) is 12.6. The second-order valence-corrected chi connectivity index (χ2v) is 8.71. The highest BCUT2D eigenvalue weighted by Gasteiger charge is 2.26. The molecular formula is C19H25BN2O5S. The first-order valence-corrected chi connectivity index (χ1v) is 10.4. The molecule has 0 heterocycles. The standard InChI is InChI=1S/C19H25BN2O5S/c1-15-8-10-16(11-9-15)14-18(20(24)25)21-19(23)12-13-22(2)28(26,27)17-6-4-3-5-7-17/h3-11,18,24-25H,12-14H2,1-2H3,(H,21,23)/t18-/m0/s1. The number of nitrogens with zero attached hydrogens (tertiary/aromatic N) is 1. The average Bonchev–Trinajstić information content (AvgIpc) is 2.67. The summed E-state index contributed by atoms with van der Waals surface area (Å²) in [6.07, 6.45) is 0.154. The largest absolute Gasteiger partial charge is 0.475 e. The highest BCUT2D eigenvalue weighted by atomic mass is 32.2. The number of rotatable bonds is 9. The van der Waals surface area contributed by atoms with Gasteiger partial charge in [0.25, 0.3) is 0 Å². The summed E-state index contributed by atoms with van der Waals surface area (Å²) in [5.41, 5.74) is 1.93. The molecule has 0 fully saturated rings. The fourth-order valence-corrected chi connectivity index (χ4v) is 3.83. The van der Waals surface area contributed by atoms with Crippen molar-refractivity contribution in [1.29, 1.82) is 0 Å². The molecule has 7 nitrogen and oxygen atoms in total. The zero-order chi connectivity index (χ0) is 20.7. The second-order valence-electron chi connectivity index (χ2n) is 6.67. The third-order valence-corrected chi connectivity index (χ3v) is 6.26. The first-order chi connectivity index (χ1) is 13.2. The second kappa shape index (κ2) is 9.84. The van der Waals surface area contributed by atoms with Gasteiger partial charge in [0.15, 0.2) is 0 Å². The third-order valence-electron chi connectivity index (χ3n) is 4.39. The number of sulfonamides is 1. The maximum Gasteiger partial charge on any atom is 0.475 e. The minimum Gasteiger partial charge on any atom is -0.426 e. The number of aryl methyl sites for hydroxylation is 1. The van der Waals surface area contributed by atoms with Crippen LogP contribution >= 0.6 is 0 Å². The molecule has 3 N–H and O–H groups in total. The zero-order valence-corrected chi connectivity index (χ0v) is 16.8. The maximum atomic E-state index is 12.5. The number of carbonyl (C=O) groups excluding carboxylic acids is 1. The van der Waals surface area contributed by atoms with E-state index in [2.05, 4.69) is 5.32 Å². The lowest BCUT2D eigenvalue weighted by Gasteiger charge is -2.20. The summed E-state index contributed by atoms with van der Waals surface area (Å²) in [4.78, 5) is 12.4. The van der Waals surface area contributed by atoms with E-state index in [1.165, 1.54) is 19.2 Å². The van der Waals surface area contributed by atoms with Gasteiger partial charge in [0.2, 0.25) is 15.9 Å². The van der Waals surface area contributed by atoms with E-state index in [1.807, 2.05) is 31.2 Å². The van der Waals surface area contributed by atoms with E-state index in [4.69, 9.17) is 0 Å². The van der Waals surface area contributed by atoms with Crippen LogP contribution in [0.25, 0.3) is 0 Å². The van der Waals surface area contributed by atoms with E-state index in [0.29, 0.717) is 0 Å². The van der Waals surface area contributed by atoms with Crippen LogP contribution in [0.1, 0.15) is 17.5 Å². The lowest BCUT2D eigenvalue weighted by atomic mass is 9.76. The summed E-state index contributed by atoms with van der Waals surface area (Å²) in [5.74, 6) is -1.34. The van der Waals surface area contributed by atoms with Crippen LogP contribution in [-0.2, 0) is 21.2 Å². The molecule has 0 aliphatic rings. The Kier molecular flexibility index (Phi) is 7.76. The Morgan fingerprint density at radius 2 is 1.71 bits per heavy atom. The smallest absolute Gasteiger partial charge is 0.426 e. The van der Waals surface area contributed by atoms with Crippen molar-refractivity contribution in [2.24, 2.45) is 0 Å². The Balaban J connectivity index is 1.93. The maximum absolute atomic E-state index is 12.5. The van der Waals surface area contributed by atoms with Crippen LogP contribution in [0.4, 0.5) is 0 Å². The van der Waals surface area contributed by atoms with Gasteiger partial charge in [-0.05, 0) is 31.0 Å². The summed E-state index contributed by atoms with van der Waals surface area (Å²) >= 11 is 0. The van der Waals surface area contributed by atoms with Crippen molar-refractivity contribution in [3.8, 4) is 0 Å². The topological polar surface area (TPSA) is 107 Å². The van der Waals surface area contributed by atoms with E-state index < -0.39 is 29.0 Å². The number of benzene rings is 2. The van der Waals surface area contributed by atoms with Crippen LogP contribution in [0, 0.1) is 6.92 Å². The Morgan fingerprint density at radius 1 is 1.11 bits per heavy atom. The van der Waals surface area contributed by atoms with E-state index in [0.717, 1.165) is 15.4 Å². The monoisotopic (exact) mass is 404 g/mol. The summed E-state index contributed by atoms with van der Waals surface area (Å²) in [6, 6.07) is 15.5. The summed E-state index contributed by atoms with van der Waals surface area (Å²) in [7, 11) is -4.00. The van der Waals surface area contributed by atoms with Gasteiger partial charge in [-0.2, -0.15) is 0 Å². The average molecular weight is 404 g/mol. The molecule has 28 heavy (non-hydrogen) atoms. The van der Waals surface area contributed by atoms with E-state index in [1.54, 1.807) is 18.2 Å². The van der Waals surface area contributed by atoms with Crippen LogP contribution in [0.2, 0.25) is 0 Å². The first-order valence-electron chi connectivity index (χ1n) is 8.92. The minimum absolute atomic E-state index is 0.0260. The third kappa shape index (κ3) is 6.17. The molecular weight excluding hydrogens is 379 g/mol. The highest BCUT2D eigenvalue weighted by molar-refractivity contribution is 7.89. The molecule has 2 aromatic carbocycles. The predicted molar refractivity (Wildman–Crippen MR) is 108 cm³/mol. The van der Waals surface area contributed by atoms with E-state index >= 15 is 0 Å². The minimum atomic E-state index is -3.68. The Bertz CT molecular complexity index is 873. The molecule has 0 spiro atoms. The van der Waals surface area contributed by atoms with Gasteiger partial charge in [-0.1, -0.05) is 48.0 Å². The van der Waals surface area contributed by atoms with Gasteiger partial charge < -0.3 is 15.4 Å². The molecule has 0 aliphatic carbocycles. The van der Waals surface area contributed by atoms with Crippen molar-refractivity contribution in [2.45, 2.75) is 30.6 Å². The lowest BCUT2D eigenvalue weighted by molar-refractivity contribution is -0.121. The SMILES string of the molecule is Cc1ccc(C[C@H](NC(=O)CCN(C)S(=O)(=O)c2ccccc2)B(O)O)cc1. The summed E-state index contributed by atoms with van der Waals surface area (Å²) < 4.78 is 26.0. The predicted octanol–water partition coefficient (Wildman–Crippen LogP) is 0.745. The molecule has 2 rings (SSSR count). The molecule has 150 valence electrons. The Morgan fingerprint density at radius 3 is 2.29 bits per heavy atom. The first kappa shape index (κ1) is 22.1. The van der Waals surface area contributed by atoms with Crippen molar-refractivity contribution < 1.29 is 23.3 Å². The summed E-state index contributed by atoms with van der Waals surface area (Å²) in [6.45, 7) is 1.92. The molecule has 1 amide bonds. The molecule has 0 aromatic heterocycles. The van der Waals surface area contributed by atoms with Crippen LogP contribution in [0.3, 0.4) is 0 Å². The van der Waals surface area contributed by atoms with Crippen molar-refractivity contribution in [2.75, 3.05) is 13.6 Å². The van der Waals surface area contributed by atoms with Crippen LogP contribution in [0.15, 0.2) is 59.5 Å². The molecule has 0 radical (unpaired) electrons. The lowest BCUT2D eigenvalue weighted by Crippen LogP contribution is -2.48. The number of carbonyl (C=O) groups is 1. The van der Waals surface area contributed by atoms with Gasteiger partial charge in [0, 0.05) is 20.0 Å². The summed E-state index contributed by atoms with van der Waals surface area (Å²) in [5, 5.41) is 21.7. The van der Waals surface area contributed by atoms with Crippen LogP contribution in [-0.4, -0.2) is 55.3 Å². The van der Waals surface area contributed by atoms with Gasteiger partial charge in [-0.15, -0.1) is 0 Å². The molecule has 0 saturated carbocycles. The van der Waals surface area contributed by atoms with Gasteiger partial charge in [0.05, 0.1) is 10.8 Å². The van der Waals surface area contributed by atoms with Gasteiger partial charge in [-0.25, -0.2) is 12.7 Å². The van der Waals surface area contributed by atoms with Gasteiger partial charge in [0.1, 0.15) is 0 Å². The molecule has 0 saturated heterocycles. The van der Waals surface area contributed by atoms with Crippen molar-refractivity contribution in [1.82, 2.24) is 9.62 Å². The number of nitrogens with one attached hydrogen (secondary N) is 1. The molecule has 0 bridgehead atoms. The fraction of sp³-hybridized carbons (Fsp3) is 0.316. The molecule has 0 aliphatic heterocycles. The highest BCUT2D eigenvalue weighted by Crippen LogP contribution is 2.13. The molecule has 1 atom stereocenters. The fourth-order valence-electron chi connectivity index (χ4n) is 2.64. The van der Waals surface area contributed by atoms with E-state index in [-0.39, 0.29) is 24.3 Å². The van der Waals surface area contributed by atoms with Gasteiger partial charge >= 0.3 is 7.12 Å². The molecule has 2 aromatic rings. The van der Waals surface area contributed by atoms with Crippen LogP contribution < -0.4 is 5.32 Å². The zero-order valence-electron chi connectivity index (χ0n) is 15.9. The van der Waals surface area contributed by atoms with Gasteiger partial charge in [-0.3, -0.25) is 4.79 Å². The van der Waals surface area contributed by atoms with Crippen LogP contribution in [0.5, 0.6) is 0 Å². The Hall–Kier alpha value is -2.20. The quantitative estimate of drug-likeness (QED) is 0.535. The molecule has 9 heteroatoms. The van der Waals surface area contributed by atoms with Crippen molar-refractivity contribution in [3.63, 3.8) is 0 Å².